The molecule has 0 aromatic heterocycles. The molecular formula is C12H14O4. The maximum Gasteiger partial charge on any atom is 0.307 e. The van der Waals surface area contributed by atoms with Crippen molar-refractivity contribution in [1.82, 2.24) is 0 Å². The highest BCUT2D eigenvalue weighted by Crippen LogP contribution is 2.26. The summed E-state index contributed by atoms with van der Waals surface area (Å²) >= 11 is 0. The van der Waals surface area contributed by atoms with Gasteiger partial charge in [-0.3, -0.25) is 9.59 Å². The molecule has 0 spiro atoms. The van der Waals surface area contributed by atoms with Gasteiger partial charge in [0.2, 0.25) is 0 Å². The predicted molar refractivity (Wildman–Crippen MR) is 58.2 cm³/mol. The molecule has 86 valence electrons. The Balaban J connectivity index is 2.87. The Bertz CT molecular complexity index is 372. The molecule has 1 aromatic rings. The standard InChI is InChI=1S/C12H14O4/c1-8(9-5-3-2-4-6-9)10(12(15)16)7-11(13)14/h2-6,8,10H,7H2,1H3,(H,13,14)(H,15,16)/t8-,10+/m1/s1. The van der Waals surface area contributed by atoms with Crippen LogP contribution in [0.25, 0.3) is 0 Å². The Morgan fingerprint density at radius 2 is 1.75 bits per heavy atom. The number of carbonyl (C=O) groups is 2. The van der Waals surface area contributed by atoms with E-state index < -0.39 is 17.9 Å². The summed E-state index contributed by atoms with van der Waals surface area (Å²) in [6, 6.07) is 9.07. The average molecular weight is 222 g/mol. The van der Waals surface area contributed by atoms with Gasteiger partial charge in [-0.2, -0.15) is 0 Å². The molecule has 2 N–H and O–H groups in total. The lowest BCUT2D eigenvalue weighted by Gasteiger charge is -2.18. The van der Waals surface area contributed by atoms with Crippen LogP contribution in [-0.4, -0.2) is 22.2 Å². The molecule has 0 radical (unpaired) electrons. The number of hydrogen-bond donors (Lipinski definition) is 2. The molecule has 0 fully saturated rings. The third-order valence-electron chi connectivity index (χ3n) is 2.64. The summed E-state index contributed by atoms with van der Waals surface area (Å²) in [7, 11) is 0. The van der Waals surface area contributed by atoms with Gasteiger partial charge in [0.15, 0.2) is 0 Å². The van der Waals surface area contributed by atoms with Gasteiger partial charge in [0, 0.05) is 0 Å². The molecule has 1 rings (SSSR count). The van der Waals surface area contributed by atoms with Crippen LogP contribution in [0.4, 0.5) is 0 Å². The second-order valence-electron chi connectivity index (χ2n) is 3.74. The van der Waals surface area contributed by atoms with E-state index in [1.54, 1.807) is 6.92 Å². The van der Waals surface area contributed by atoms with E-state index in [0.717, 1.165) is 5.56 Å². The first-order valence-electron chi connectivity index (χ1n) is 5.02. The van der Waals surface area contributed by atoms with Gasteiger partial charge >= 0.3 is 11.9 Å². The van der Waals surface area contributed by atoms with Crippen molar-refractivity contribution in [3.05, 3.63) is 35.9 Å². The van der Waals surface area contributed by atoms with Crippen molar-refractivity contribution in [1.29, 1.82) is 0 Å². The molecule has 0 aliphatic rings. The van der Waals surface area contributed by atoms with Gasteiger partial charge in [-0.1, -0.05) is 37.3 Å². The van der Waals surface area contributed by atoms with Crippen LogP contribution in [0.2, 0.25) is 0 Å². The normalized spacial score (nSPS) is 14.1. The molecule has 4 nitrogen and oxygen atoms in total. The van der Waals surface area contributed by atoms with Crippen LogP contribution in [-0.2, 0) is 9.59 Å². The molecule has 2 atom stereocenters. The van der Waals surface area contributed by atoms with Crippen molar-refractivity contribution in [2.75, 3.05) is 0 Å². The van der Waals surface area contributed by atoms with Crippen LogP contribution in [0.5, 0.6) is 0 Å². The summed E-state index contributed by atoms with van der Waals surface area (Å²) in [5.74, 6) is -3.36. The summed E-state index contributed by atoms with van der Waals surface area (Å²) in [4.78, 5) is 21.6. The van der Waals surface area contributed by atoms with Crippen LogP contribution in [0.1, 0.15) is 24.8 Å². The average Bonchev–Trinajstić information content (AvgIpc) is 2.25. The highest BCUT2D eigenvalue weighted by Gasteiger charge is 2.28. The SMILES string of the molecule is C[C@H](c1ccccc1)[C@H](CC(=O)O)C(=O)O. The van der Waals surface area contributed by atoms with Gasteiger partial charge < -0.3 is 10.2 Å². The largest absolute Gasteiger partial charge is 0.481 e. The number of aliphatic carboxylic acids is 2. The Morgan fingerprint density at radius 1 is 1.19 bits per heavy atom. The second-order valence-corrected chi connectivity index (χ2v) is 3.74. The number of rotatable bonds is 5. The summed E-state index contributed by atoms with van der Waals surface area (Å²) < 4.78 is 0. The Hall–Kier alpha value is -1.84. The zero-order valence-corrected chi connectivity index (χ0v) is 8.96. The lowest BCUT2D eigenvalue weighted by molar-refractivity contribution is -0.149. The predicted octanol–water partition coefficient (Wildman–Crippen LogP) is 1.97. The summed E-state index contributed by atoms with van der Waals surface area (Å²) in [5.41, 5.74) is 0.844. The maximum absolute atomic E-state index is 11.0. The summed E-state index contributed by atoms with van der Waals surface area (Å²) in [6.07, 6.45) is -0.356. The lowest BCUT2D eigenvalue weighted by atomic mass is 9.85. The van der Waals surface area contributed by atoms with E-state index in [-0.39, 0.29) is 12.3 Å². The van der Waals surface area contributed by atoms with E-state index in [9.17, 15) is 9.59 Å². The fourth-order valence-electron chi connectivity index (χ4n) is 1.65. The van der Waals surface area contributed by atoms with Gasteiger partial charge in [0.25, 0.3) is 0 Å². The first-order chi connectivity index (χ1) is 7.52. The van der Waals surface area contributed by atoms with Gasteiger partial charge in [0.05, 0.1) is 12.3 Å². The molecule has 0 amide bonds. The minimum absolute atomic E-state index is 0.310. The molecular weight excluding hydrogens is 208 g/mol. The summed E-state index contributed by atoms with van der Waals surface area (Å²) in [5, 5.41) is 17.7. The van der Waals surface area contributed by atoms with Crippen molar-refractivity contribution in [2.24, 2.45) is 5.92 Å². The van der Waals surface area contributed by atoms with Crippen molar-refractivity contribution >= 4 is 11.9 Å². The monoisotopic (exact) mass is 222 g/mol. The Kier molecular flexibility index (Phi) is 4.05. The zero-order chi connectivity index (χ0) is 12.1. The Morgan fingerprint density at radius 3 is 2.19 bits per heavy atom. The maximum atomic E-state index is 11.0. The highest BCUT2D eigenvalue weighted by atomic mass is 16.4. The van der Waals surface area contributed by atoms with E-state index >= 15 is 0 Å². The van der Waals surface area contributed by atoms with Crippen LogP contribution in [0.15, 0.2) is 30.3 Å². The van der Waals surface area contributed by atoms with Gasteiger partial charge in [0.1, 0.15) is 0 Å². The van der Waals surface area contributed by atoms with E-state index in [1.165, 1.54) is 0 Å². The van der Waals surface area contributed by atoms with Gasteiger partial charge in [-0.25, -0.2) is 0 Å². The smallest absolute Gasteiger partial charge is 0.307 e. The van der Waals surface area contributed by atoms with Crippen molar-refractivity contribution in [3.8, 4) is 0 Å². The van der Waals surface area contributed by atoms with Crippen LogP contribution in [0, 0.1) is 5.92 Å². The molecule has 0 heterocycles. The van der Waals surface area contributed by atoms with E-state index in [1.807, 2.05) is 30.3 Å². The molecule has 4 heteroatoms. The van der Waals surface area contributed by atoms with Crippen molar-refractivity contribution < 1.29 is 19.8 Å². The fourth-order valence-corrected chi connectivity index (χ4v) is 1.65. The van der Waals surface area contributed by atoms with Gasteiger partial charge in [-0.05, 0) is 11.5 Å². The van der Waals surface area contributed by atoms with E-state index in [4.69, 9.17) is 10.2 Å². The van der Waals surface area contributed by atoms with Crippen molar-refractivity contribution in [3.63, 3.8) is 0 Å². The van der Waals surface area contributed by atoms with Crippen molar-refractivity contribution in [2.45, 2.75) is 19.3 Å². The highest BCUT2D eigenvalue weighted by molar-refractivity contribution is 5.78. The lowest BCUT2D eigenvalue weighted by Crippen LogP contribution is -2.23. The molecule has 16 heavy (non-hydrogen) atoms. The minimum atomic E-state index is -1.09. The number of carboxylic acid groups (broad SMARTS) is 2. The quantitative estimate of drug-likeness (QED) is 0.798. The molecule has 0 saturated heterocycles. The molecule has 0 bridgehead atoms. The van der Waals surface area contributed by atoms with E-state index in [0.29, 0.717) is 0 Å². The number of carboxylic acids is 2. The molecule has 0 aliphatic carbocycles. The molecule has 0 aliphatic heterocycles. The first-order valence-corrected chi connectivity index (χ1v) is 5.02. The Labute approximate surface area is 93.5 Å². The minimum Gasteiger partial charge on any atom is -0.481 e. The van der Waals surface area contributed by atoms with E-state index in [2.05, 4.69) is 0 Å². The topological polar surface area (TPSA) is 74.6 Å². The van der Waals surface area contributed by atoms with Crippen LogP contribution >= 0.6 is 0 Å². The first kappa shape index (κ1) is 12.2. The number of hydrogen-bond acceptors (Lipinski definition) is 2. The third kappa shape index (κ3) is 3.08. The molecule has 1 aromatic carbocycles. The molecule has 0 unspecified atom stereocenters. The van der Waals surface area contributed by atoms with Crippen LogP contribution < -0.4 is 0 Å². The third-order valence-corrected chi connectivity index (χ3v) is 2.64. The fraction of sp³-hybridized carbons (Fsp3) is 0.333. The summed E-state index contributed by atoms with van der Waals surface area (Å²) in [6.45, 7) is 1.73. The zero-order valence-electron chi connectivity index (χ0n) is 8.96. The molecule has 0 saturated carbocycles. The number of benzene rings is 1. The van der Waals surface area contributed by atoms with Gasteiger partial charge in [-0.15, -0.1) is 0 Å². The van der Waals surface area contributed by atoms with Crippen LogP contribution in [0.3, 0.4) is 0 Å². The second kappa shape index (κ2) is 5.30.